The molecule has 0 atom stereocenters. The van der Waals surface area contributed by atoms with Crippen LogP contribution in [0.25, 0.3) is 0 Å². The summed E-state index contributed by atoms with van der Waals surface area (Å²) in [7, 11) is -2.24. The minimum absolute atomic E-state index is 0.0641. The molecular formula is C22H21ClN2O5S. The predicted molar refractivity (Wildman–Crippen MR) is 121 cm³/mol. The van der Waals surface area contributed by atoms with Gasteiger partial charge in [-0.1, -0.05) is 11.6 Å². The first kappa shape index (κ1) is 22.5. The zero-order valence-electron chi connectivity index (χ0n) is 16.9. The zero-order chi connectivity index (χ0) is 22.4. The maximum absolute atomic E-state index is 12.5. The van der Waals surface area contributed by atoms with Crippen LogP contribution in [0.4, 0.5) is 11.4 Å². The number of sulfonamides is 1. The Bertz CT molecular complexity index is 1160. The molecule has 3 rings (SSSR count). The van der Waals surface area contributed by atoms with Gasteiger partial charge in [-0.2, -0.15) is 0 Å². The molecule has 0 aliphatic rings. The van der Waals surface area contributed by atoms with E-state index >= 15 is 0 Å². The Labute approximate surface area is 186 Å². The van der Waals surface area contributed by atoms with Crippen LogP contribution in [-0.4, -0.2) is 28.0 Å². The number of amides is 1. The number of anilines is 2. The molecule has 0 bridgehead atoms. The predicted octanol–water partition coefficient (Wildman–Crippen LogP) is 4.48. The highest BCUT2D eigenvalue weighted by Crippen LogP contribution is 2.22. The van der Waals surface area contributed by atoms with Crippen molar-refractivity contribution in [3.8, 4) is 11.5 Å². The van der Waals surface area contributed by atoms with Crippen LogP contribution in [0.3, 0.4) is 0 Å². The van der Waals surface area contributed by atoms with Crippen LogP contribution in [0.1, 0.15) is 5.56 Å². The third-order valence-electron chi connectivity index (χ3n) is 4.29. The number of carbonyl (C=O) groups excluding carboxylic acids is 1. The number of nitrogens with one attached hydrogen (secondary N) is 2. The van der Waals surface area contributed by atoms with E-state index in [1.54, 1.807) is 42.5 Å². The highest BCUT2D eigenvalue weighted by atomic mass is 35.5. The average Bonchev–Trinajstić information content (AvgIpc) is 2.75. The molecule has 0 saturated carbocycles. The van der Waals surface area contributed by atoms with Crippen LogP contribution in [0, 0.1) is 6.92 Å². The Morgan fingerprint density at radius 3 is 2.16 bits per heavy atom. The summed E-state index contributed by atoms with van der Waals surface area (Å²) in [6.07, 6.45) is 0. The molecule has 31 heavy (non-hydrogen) atoms. The van der Waals surface area contributed by atoms with Gasteiger partial charge in [-0.3, -0.25) is 9.52 Å². The van der Waals surface area contributed by atoms with E-state index in [0.717, 1.165) is 5.56 Å². The molecule has 3 aromatic rings. The van der Waals surface area contributed by atoms with Gasteiger partial charge in [0, 0.05) is 16.4 Å². The molecule has 162 valence electrons. The molecule has 7 nitrogen and oxygen atoms in total. The van der Waals surface area contributed by atoms with Crippen LogP contribution in [0.2, 0.25) is 5.02 Å². The summed E-state index contributed by atoms with van der Waals surface area (Å²) in [6.45, 7) is 1.65. The van der Waals surface area contributed by atoms with Gasteiger partial charge in [-0.05, 0) is 79.2 Å². The average molecular weight is 461 g/mol. The van der Waals surface area contributed by atoms with Crippen LogP contribution in [0.15, 0.2) is 71.6 Å². The summed E-state index contributed by atoms with van der Waals surface area (Å²) >= 11 is 5.97. The number of methoxy groups -OCH3 is 1. The van der Waals surface area contributed by atoms with E-state index in [1.807, 2.05) is 6.92 Å². The second kappa shape index (κ2) is 9.72. The normalized spacial score (nSPS) is 10.9. The van der Waals surface area contributed by atoms with Gasteiger partial charge in [-0.25, -0.2) is 8.42 Å². The molecule has 0 aliphatic carbocycles. The molecule has 3 aromatic carbocycles. The van der Waals surface area contributed by atoms with Crippen molar-refractivity contribution in [1.29, 1.82) is 0 Å². The highest BCUT2D eigenvalue weighted by molar-refractivity contribution is 7.92. The van der Waals surface area contributed by atoms with E-state index in [9.17, 15) is 13.2 Å². The quantitative estimate of drug-likeness (QED) is 0.517. The Morgan fingerprint density at radius 2 is 1.55 bits per heavy atom. The first-order valence-corrected chi connectivity index (χ1v) is 11.1. The third kappa shape index (κ3) is 6.13. The monoisotopic (exact) mass is 460 g/mol. The number of benzene rings is 3. The lowest BCUT2D eigenvalue weighted by molar-refractivity contribution is -0.118. The van der Waals surface area contributed by atoms with Crippen molar-refractivity contribution >= 4 is 38.9 Å². The molecule has 0 aromatic heterocycles. The third-order valence-corrected chi connectivity index (χ3v) is 6.11. The first-order valence-electron chi connectivity index (χ1n) is 9.22. The fraction of sp³-hybridized carbons (Fsp3) is 0.136. The molecule has 2 N–H and O–H groups in total. The summed E-state index contributed by atoms with van der Waals surface area (Å²) in [4.78, 5) is 12.2. The van der Waals surface area contributed by atoms with E-state index in [-0.39, 0.29) is 17.4 Å². The molecule has 9 heteroatoms. The number of aryl methyl sites for hydroxylation is 1. The van der Waals surface area contributed by atoms with Crippen molar-refractivity contribution in [2.24, 2.45) is 0 Å². The lowest BCUT2D eigenvalue weighted by Gasteiger charge is -2.11. The molecule has 0 unspecified atom stereocenters. The van der Waals surface area contributed by atoms with E-state index < -0.39 is 10.0 Å². The molecule has 0 heterocycles. The van der Waals surface area contributed by atoms with Gasteiger partial charge in [0.2, 0.25) is 0 Å². The molecule has 1 amide bonds. The van der Waals surface area contributed by atoms with Gasteiger partial charge >= 0.3 is 0 Å². The molecule has 0 spiro atoms. The maximum Gasteiger partial charge on any atom is 0.262 e. The summed E-state index contributed by atoms with van der Waals surface area (Å²) in [5, 5.41) is 3.28. The summed E-state index contributed by atoms with van der Waals surface area (Å²) in [5.74, 6) is 0.779. The van der Waals surface area contributed by atoms with Crippen molar-refractivity contribution in [2.45, 2.75) is 11.8 Å². The van der Waals surface area contributed by atoms with Crippen LogP contribution >= 0.6 is 11.6 Å². The zero-order valence-corrected chi connectivity index (χ0v) is 18.5. The Morgan fingerprint density at radius 1 is 0.935 bits per heavy atom. The Balaban J connectivity index is 1.58. The second-order valence-electron chi connectivity index (χ2n) is 6.61. The topological polar surface area (TPSA) is 93.7 Å². The Kier molecular flexibility index (Phi) is 7.04. The van der Waals surface area contributed by atoms with Crippen LogP contribution < -0.4 is 19.5 Å². The fourth-order valence-corrected chi connectivity index (χ4v) is 3.82. The first-order chi connectivity index (χ1) is 14.8. The van der Waals surface area contributed by atoms with Crippen molar-refractivity contribution in [3.63, 3.8) is 0 Å². The van der Waals surface area contributed by atoms with Gasteiger partial charge in [-0.15, -0.1) is 0 Å². The summed E-state index contributed by atoms with van der Waals surface area (Å²) < 4.78 is 38.1. The Hall–Kier alpha value is -3.23. The molecule has 0 saturated heterocycles. The molecule has 0 fully saturated rings. The summed E-state index contributed by atoms with van der Waals surface area (Å²) in [6, 6.07) is 17.5. The van der Waals surface area contributed by atoms with Crippen molar-refractivity contribution in [2.75, 3.05) is 23.8 Å². The van der Waals surface area contributed by atoms with E-state index in [2.05, 4.69) is 10.0 Å². The van der Waals surface area contributed by atoms with Gasteiger partial charge in [0.15, 0.2) is 6.61 Å². The second-order valence-corrected chi connectivity index (χ2v) is 8.70. The lowest BCUT2D eigenvalue weighted by atomic mass is 10.2. The SMILES string of the molecule is COc1ccc(NS(=O)(=O)c2ccc(NC(=O)COc3ccc(Cl)c(C)c3)cc2)cc1. The van der Waals surface area contributed by atoms with Gasteiger partial charge < -0.3 is 14.8 Å². The van der Waals surface area contributed by atoms with Crippen molar-refractivity contribution < 1.29 is 22.7 Å². The highest BCUT2D eigenvalue weighted by Gasteiger charge is 2.14. The van der Waals surface area contributed by atoms with E-state index in [1.165, 1.54) is 31.4 Å². The van der Waals surface area contributed by atoms with E-state index in [4.69, 9.17) is 21.1 Å². The molecule has 0 aliphatic heterocycles. The van der Waals surface area contributed by atoms with Gasteiger partial charge in [0.25, 0.3) is 15.9 Å². The smallest absolute Gasteiger partial charge is 0.262 e. The standard InChI is InChI=1S/C22H21ClN2O5S/c1-15-13-19(9-12-21(15)23)30-14-22(26)24-16-5-10-20(11-6-16)31(27,28)25-17-3-7-18(29-2)8-4-17/h3-13,25H,14H2,1-2H3,(H,24,26). The van der Waals surface area contributed by atoms with Gasteiger partial charge in [0.05, 0.1) is 12.0 Å². The molecular weight excluding hydrogens is 440 g/mol. The number of ether oxygens (including phenoxy) is 2. The lowest BCUT2D eigenvalue weighted by Crippen LogP contribution is -2.20. The van der Waals surface area contributed by atoms with Crippen molar-refractivity contribution in [1.82, 2.24) is 0 Å². The van der Waals surface area contributed by atoms with Crippen LogP contribution in [-0.2, 0) is 14.8 Å². The number of carbonyl (C=O) groups is 1. The fourth-order valence-electron chi connectivity index (χ4n) is 2.64. The number of hydrogen-bond donors (Lipinski definition) is 2. The van der Waals surface area contributed by atoms with Gasteiger partial charge in [0.1, 0.15) is 11.5 Å². The minimum atomic E-state index is -3.77. The van der Waals surface area contributed by atoms with E-state index in [0.29, 0.717) is 27.9 Å². The maximum atomic E-state index is 12.5. The number of rotatable bonds is 8. The molecule has 0 radical (unpaired) electrons. The summed E-state index contributed by atoms with van der Waals surface area (Å²) in [5.41, 5.74) is 1.71. The van der Waals surface area contributed by atoms with Crippen LogP contribution in [0.5, 0.6) is 11.5 Å². The minimum Gasteiger partial charge on any atom is -0.497 e. The number of halogens is 1. The van der Waals surface area contributed by atoms with Crippen molar-refractivity contribution in [3.05, 3.63) is 77.3 Å². The largest absolute Gasteiger partial charge is 0.497 e. The number of hydrogen-bond acceptors (Lipinski definition) is 5.